The highest BCUT2D eigenvalue weighted by Gasteiger charge is 2.37. The van der Waals surface area contributed by atoms with Gasteiger partial charge in [-0.25, -0.2) is 0 Å². The summed E-state index contributed by atoms with van der Waals surface area (Å²) in [7, 11) is 1.94. The van der Waals surface area contributed by atoms with Crippen molar-refractivity contribution in [3.8, 4) is 0 Å². The lowest BCUT2D eigenvalue weighted by molar-refractivity contribution is -0.137. The first-order valence-electron chi connectivity index (χ1n) is 6.44. The number of halogens is 1. The van der Waals surface area contributed by atoms with E-state index >= 15 is 0 Å². The van der Waals surface area contributed by atoms with Crippen molar-refractivity contribution in [1.29, 1.82) is 0 Å². The summed E-state index contributed by atoms with van der Waals surface area (Å²) in [6, 6.07) is 5.15. The Balaban J connectivity index is 2.31. The monoisotopic (exact) mass is 282 g/mol. The van der Waals surface area contributed by atoms with Crippen molar-refractivity contribution in [2.75, 3.05) is 7.05 Å². The number of rotatable bonds is 5. The Morgan fingerprint density at radius 1 is 1.53 bits per heavy atom. The quantitative estimate of drug-likeness (QED) is 0.775. The Morgan fingerprint density at radius 2 is 2.21 bits per heavy atom. The van der Waals surface area contributed by atoms with Gasteiger partial charge in [-0.2, -0.15) is 0 Å². The molecule has 5 heteroatoms. The van der Waals surface area contributed by atoms with Crippen molar-refractivity contribution in [3.63, 3.8) is 0 Å². The molecule has 2 rings (SSSR count). The zero-order valence-electron chi connectivity index (χ0n) is 10.9. The maximum atomic E-state index is 10.7. The molecule has 0 radical (unpaired) electrons. The lowest BCUT2D eigenvalue weighted by Crippen LogP contribution is -2.46. The van der Waals surface area contributed by atoms with Crippen LogP contribution in [-0.4, -0.2) is 18.1 Å². The molecule has 0 saturated heterocycles. The van der Waals surface area contributed by atoms with Gasteiger partial charge in [-0.1, -0.05) is 17.7 Å². The fourth-order valence-electron chi connectivity index (χ4n) is 2.62. The Bertz CT molecular complexity index is 481. The van der Waals surface area contributed by atoms with Crippen LogP contribution in [0, 0.1) is 0 Å². The van der Waals surface area contributed by atoms with Crippen LogP contribution in [0.3, 0.4) is 0 Å². The summed E-state index contributed by atoms with van der Waals surface area (Å²) in [5.41, 5.74) is 7.78. The molecule has 0 unspecified atom stereocenters. The lowest BCUT2D eigenvalue weighted by Gasteiger charge is -2.42. The lowest BCUT2D eigenvalue weighted by atomic mass is 9.71. The van der Waals surface area contributed by atoms with Gasteiger partial charge in [0.2, 0.25) is 0 Å². The molecule has 0 spiro atoms. The van der Waals surface area contributed by atoms with Crippen molar-refractivity contribution >= 4 is 17.6 Å². The van der Waals surface area contributed by atoms with E-state index in [1.807, 2.05) is 19.2 Å². The molecule has 0 aromatic heterocycles. The molecule has 1 atom stereocenters. The van der Waals surface area contributed by atoms with Crippen molar-refractivity contribution in [2.45, 2.75) is 37.3 Å². The standard InChI is InChI=1S/C14H19ClN2O2/c1-17-14(3-2-4-14)10-5-9(6-11(15)7-10)12(16)8-13(18)19/h5-7,12,17H,2-4,8,16H2,1H3,(H,18,19)/t12-/m0/s1. The second-order valence-electron chi connectivity index (χ2n) is 5.16. The van der Waals surface area contributed by atoms with Crippen LogP contribution >= 0.6 is 11.6 Å². The van der Waals surface area contributed by atoms with Crippen LogP contribution in [-0.2, 0) is 10.3 Å². The number of carbonyl (C=O) groups is 1. The van der Waals surface area contributed by atoms with Crippen molar-refractivity contribution < 1.29 is 9.90 Å². The first kappa shape index (κ1) is 14.3. The van der Waals surface area contributed by atoms with E-state index in [1.54, 1.807) is 6.07 Å². The number of aliphatic carboxylic acids is 1. The summed E-state index contributed by atoms with van der Waals surface area (Å²) in [6.45, 7) is 0. The van der Waals surface area contributed by atoms with Gasteiger partial charge in [0.1, 0.15) is 0 Å². The van der Waals surface area contributed by atoms with E-state index in [4.69, 9.17) is 22.4 Å². The average molecular weight is 283 g/mol. The summed E-state index contributed by atoms with van der Waals surface area (Å²) in [4.78, 5) is 10.7. The summed E-state index contributed by atoms with van der Waals surface area (Å²) in [5, 5.41) is 12.8. The molecular formula is C14H19ClN2O2. The number of hydrogen-bond acceptors (Lipinski definition) is 3. The maximum absolute atomic E-state index is 10.7. The molecule has 4 N–H and O–H groups in total. The topological polar surface area (TPSA) is 75.3 Å². The number of benzene rings is 1. The van der Waals surface area contributed by atoms with Gasteiger partial charge in [0.25, 0.3) is 0 Å². The van der Waals surface area contributed by atoms with Crippen molar-refractivity contribution in [1.82, 2.24) is 5.32 Å². The molecule has 1 saturated carbocycles. The SMILES string of the molecule is CNC1(c2cc(Cl)cc([C@@H](N)CC(=O)O)c2)CCC1. The van der Waals surface area contributed by atoms with Crippen LogP contribution in [0.1, 0.15) is 42.9 Å². The van der Waals surface area contributed by atoms with Crippen LogP contribution < -0.4 is 11.1 Å². The van der Waals surface area contributed by atoms with Gasteiger partial charge in [-0.3, -0.25) is 4.79 Å². The highest BCUT2D eigenvalue weighted by atomic mass is 35.5. The summed E-state index contributed by atoms with van der Waals surface area (Å²) >= 11 is 6.14. The van der Waals surface area contributed by atoms with E-state index in [0.717, 1.165) is 24.0 Å². The molecule has 0 bridgehead atoms. The second-order valence-corrected chi connectivity index (χ2v) is 5.60. The highest BCUT2D eigenvalue weighted by Crippen LogP contribution is 2.42. The fraction of sp³-hybridized carbons (Fsp3) is 0.500. The Kier molecular flexibility index (Phi) is 4.13. The molecule has 1 aromatic rings. The predicted octanol–water partition coefficient (Wildman–Crippen LogP) is 2.41. The van der Waals surface area contributed by atoms with Crippen molar-refractivity contribution in [2.24, 2.45) is 5.73 Å². The van der Waals surface area contributed by atoms with Gasteiger partial charge in [-0.15, -0.1) is 0 Å². The maximum Gasteiger partial charge on any atom is 0.305 e. The first-order chi connectivity index (χ1) is 8.97. The number of carboxylic acid groups (broad SMARTS) is 1. The minimum Gasteiger partial charge on any atom is -0.481 e. The Morgan fingerprint density at radius 3 is 2.68 bits per heavy atom. The first-order valence-corrected chi connectivity index (χ1v) is 6.82. The molecule has 1 aliphatic carbocycles. The van der Waals surface area contributed by atoms with Crippen LogP contribution in [0.15, 0.2) is 18.2 Å². The van der Waals surface area contributed by atoms with Gasteiger partial charge < -0.3 is 16.2 Å². The zero-order valence-corrected chi connectivity index (χ0v) is 11.7. The summed E-state index contributed by atoms with van der Waals surface area (Å²) < 4.78 is 0. The van der Waals surface area contributed by atoms with Gasteiger partial charge in [-0.05, 0) is 49.6 Å². The van der Waals surface area contributed by atoms with E-state index in [-0.39, 0.29) is 12.0 Å². The molecule has 0 aliphatic heterocycles. The number of nitrogens with one attached hydrogen (secondary N) is 1. The Hall–Kier alpha value is -1.10. The third-order valence-electron chi connectivity index (χ3n) is 3.98. The average Bonchev–Trinajstić information content (AvgIpc) is 2.26. The normalized spacial score (nSPS) is 18.7. The fourth-order valence-corrected chi connectivity index (χ4v) is 2.87. The van der Waals surface area contributed by atoms with Crippen molar-refractivity contribution in [3.05, 3.63) is 34.3 Å². The smallest absolute Gasteiger partial charge is 0.305 e. The van der Waals surface area contributed by atoms with E-state index in [2.05, 4.69) is 5.32 Å². The summed E-state index contributed by atoms with van der Waals surface area (Å²) in [5.74, 6) is -0.902. The molecule has 1 aliphatic rings. The van der Waals surface area contributed by atoms with Gasteiger partial charge in [0, 0.05) is 16.6 Å². The molecular weight excluding hydrogens is 264 g/mol. The van der Waals surface area contributed by atoms with Crippen LogP contribution in [0.4, 0.5) is 0 Å². The van der Waals surface area contributed by atoms with Crippen LogP contribution in [0.25, 0.3) is 0 Å². The molecule has 0 amide bonds. The highest BCUT2D eigenvalue weighted by molar-refractivity contribution is 6.30. The van der Waals surface area contributed by atoms with E-state index in [0.29, 0.717) is 5.02 Å². The Labute approximate surface area is 117 Å². The van der Waals surface area contributed by atoms with E-state index < -0.39 is 12.0 Å². The van der Waals surface area contributed by atoms with Gasteiger partial charge in [0.15, 0.2) is 0 Å². The van der Waals surface area contributed by atoms with E-state index in [1.165, 1.54) is 6.42 Å². The molecule has 1 aromatic carbocycles. The third kappa shape index (κ3) is 2.91. The second kappa shape index (κ2) is 5.49. The van der Waals surface area contributed by atoms with E-state index in [9.17, 15) is 4.79 Å². The predicted molar refractivity (Wildman–Crippen MR) is 75.2 cm³/mol. The molecule has 19 heavy (non-hydrogen) atoms. The van der Waals surface area contributed by atoms with Crippen LogP contribution in [0.2, 0.25) is 5.02 Å². The number of carboxylic acids is 1. The number of nitrogens with two attached hydrogens (primary N) is 1. The number of hydrogen-bond donors (Lipinski definition) is 3. The minimum absolute atomic E-state index is 0.0252. The molecule has 1 fully saturated rings. The molecule has 104 valence electrons. The third-order valence-corrected chi connectivity index (χ3v) is 4.20. The molecule has 4 nitrogen and oxygen atoms in total. The molecule has 0 heterocycles. The largest absolute Gasteiger partial charge is 0.481 e. The minimum atomic E-state index is -0.902. The zero-order chi connectivity index (χ0) is 14.0. The van der Waals surface area contributed by atoms with Gasteiger partial charge in [0.05, 0.1) is 6.42 Å². The van der Waals surface area contributed by atoms with Gasteiger partial charge >= 0.3 is 5.97 Å². The summed E-state index contributed by atoms with van der Waals surface area (Å²) in [6.07, 6.45) is 3.23. The van der Waals surface area contributed by atoms with Crippen LogP contribution in [0.5, 0.6) is 0 Å².